The number of hydrogen-bond acceptors (Lipinski definition) is 2. The summed E-state index contributed by atoms with van der Waals surface area (Å²) in [5.74, 6) is 1.75. The van der Waals surface area contributed by atoms with Crippen LogP contribution in [0.5, 0.6) is 0 Å². The summed E-state index contributed by atoms with van der Waals surface area (Å²) < 4.78 is 0. The highest BCUT2D eigenvalue weighted by molar-refractivity contribution is 5.97. The fourth-order valence-corrected chi connectivity index (χ4v) is 3.39. The molecule has 0 amide bonds. The Hall–Kier alpha value is -1.15. The lowest BCUT2D eigenvalue weighted by molar-refractivity contribution is 0.0720. The molecule has 0 aromatic heterocycles. The minimum Gasteiger partial charge on any atom is -0.300 e. The Morgan fingerprint density at radius 3 is 2.65 bits per heavy atom. The number of hydrogen-bond donors (Lipinski definition) is 0. The van der Waals surface area contributed by atoms with E-state index in [1.165, 1.54) is 6.42 Å². The summed E-state index contributed by atoms with van der Waals surface area (Å²) in [5, 5.41) is 0. The van der Waals surface area contributed by atoms with E-state index in [4.69, 9.17) is 0 Å². The first-order chi connectivity index (χ1) is 9.49. The van der Waals surface area contributed by atoms with Crippen LogP contribution in [-0.2, 0) is 0 Å². The lowest BCUT2D eigenvalue weighted by Crippen LogP contribution is -2.46. The predicted molar refractivity (Wildman–Crippen MR) is 84.1 cm³/mol. The number of likely N-dealkylation sites (tertiary alicyclic amines) is 1. The molecule has 2 heteroatoms. The molecule has 2 nitrogen and oxygen atoms in total. The van der Waals surface area contributed by atoms with Crippen molar-refractivity contribution in [2.75, 3.05) is 13.1 Å². The second-order valence-electron chi connectivity index (χ2n) is 6.54. The molecule has 20 heavy (non-hydrogen) atoms. The van der Waals surface area contributed by atoms with Crippen molar-refractivity contribution in [3.05, 3.63) is 35.4 Å². The van der Waals surface area contributed by atoms with Crippen molar-refractivity contribution in [1.82, 2.24) is 4.90 Å². The molecule has 2 rings (SSSR count). The zero-order valence-electron chi connectivity index (χ0n) is 13.2. The van der Waals surface area contributed by atoms with Crippen molar-refractivity contribution in [3.8, 4) is 0 Å². The molecule has 0 aliphatic carbocycles. The van der Waals surface area contributed by atoms with Crippen LogP contribution >= 0.6 is 0 Å². The summed E-state index contributed by atoms with van der Waals surface area (Å²) >= 11 is 0. The zero-order chi connectivity index (χ0) is 14.7. The topological polar surface area (TPSA) is 20.3 Å². The highest BCUT2D eigenvalue weighted by Gasteiger charge is 2.28. The van der Waals surface area contributed by atoms with Crippen LogP contribution in [0.1, 0.15) is 49.5 Å². The zero-order valence-corrected chi connectivity index (χ0v) is 13.2. The second-order valence-corrected chi connectivity index (χ2v) is 6.54. The molecule has 0 bridgehead atoms. The summed E-state index contributed by atoms with van der Waals surface area (Å²) in [6, 6.07) is 8.50. The average molecular weight is 273 g/mol. The molecule has 1 aromatic rings. The number of carbonyl (C=O) groups excluding carboxylic acids is 1. The van der Waals surface area contributed by atoms with Gasteiger partial charge in [0.2, 0.25) is 0 Å². The number of ketones is 1. The molecule has 0 radical (unpaired) electrons. The summed E-state index contributed by atoms with van der Waals surface area (Å²) in [7, 11) is 0. The van der Waals surface area contributed by atoms with Crippen LogP contribution in [-0.4, -0.2) is 29.8 Å². The van der Waals surface area contributed by atoms with Gasteiger partial charge in [-0.25, -0.2) is 0 Å². The molecule has 1 saturated heterocycles. The van der Waals surface area contributed by atoms with Crippen LogP contribution < -0.4 is 0 Å². The minimum atomic E-state index is 0.279. The largest absolute Gasteiger partial charge is 0.300 e. The number of aryl methyl sites for hydroxylation is 1. The highest BCUT2D eigenvalue weighted by Crippen LogP contribution is 2.27. The van der Waals surface area contributed by atoms with Gasteiger partial charge in [0.15, 0.2) is 5.78 Å². The Kier molecular flexibility index (Phi) is 4.98. The maximum atomic E-state index is 12.4. The number of Topliss-reactive ketones (excluding diaryl/α,β-unsaturated/α-hetero) is 1. The molecule has 0 saturated carbocycles. The Morgan fingerprint density at radius 1 is 1.25 bits per heavy atom. The van der Waals surface area contributed by atoms with Crippen LogP contribution in [0.15, 0.2) is 24.3 Å². The van der Waals surface area contributed by atoms with Crippen molar-refractivity contribution in [2.45, 2.75) is 46.6 Å². The highest BCUT2D eigenvalue weighted by atomic mass is 16.1. The third kappa shape index (κ3) is 3.49. The first kappa shape index (κ1) is 15.2. The molecule has 0 N–H and O–H groups in total. The summed E-state index contributed by atoms with van der Waals surface area (Å²) in [5.41, 5.74) is 1.98. The van der Waals surface area contributed by atoms with Gasteiger partial charge >= 0.3 is 0 Å². The molecular formula is C18H27NO. The molecule has 1 aromatic carbocycles. The van der Waals surface area contributed by atoms with E-state index in [2.05, 4.69) is 25.7 Å². The first-order valence-electron chi connectivity index (χ1n) is 7.82. The Morgan fingerprint density at radius 2 is 1.95 bits per heavy atom. The van der Waals surface area contributed by atoms with Gasteiger partial charge in [0.25, 0.3) is 0 Å². The molecule has 3 atom stereocenters. The predicted octanol–water partition coefficient (Wildman–Crippen LogP) is 3.93. The SMILES string of the molecule is Cc1ccccc1C(=O)CCN1CC(C)CC(C)C1C. The third-order valence-corrected chi connectivity index (χ3v) is 4.79. The lowest BCUT2D eigenvalue weighted by Gasteiger charge is -2.41. The van der Waals surface area contributed by atoms with E-state index in [-0.39, 0.29) is 5.78 Å². The lowest BCUT2D eigenvalue weighted by atomic mass is 9.86. The van der Waals surface area contributed by atoms with Gasteiger partial charge in [-0.1, -0.05) is 38.1 Å². The van der Waals surface area contributed by atoms with E-state index in [1.54, 1.807) is 0 Å². The number of carbonyl (C=O) groups is 1. The molecule has 1 fully saturated rings. The number of benzene rings is 1. The van der Waals surface area contributed by atoms with Gasteiger partial charge in [0, 0.05) is 31.1 Å². The third-order valence-electron chi connectivity index (χ3n) is 4.79. The summed E-state index contributed by atoms with van der Waals surface area (Å²) in [4.78, 5) is 14.8. The van der Waals surface area contributed by atoms with Gasteiger partial charge in [0.05, 0.1) is 0 Å². The van der Waals surface area contributed by atoms with Crippen molar-refractivity contribution >= 4 is 5.78 Å². The van der Waals surface area contributed by atoms with E-state index in [0.717, 1.165) is 36.1 Å². The first-order valence-corrected chi connectivity index (χ1v) is 7.82. The Bertz CT molecular complexity index is 468. The van der Waals surface area contributed by atoms with Crippen molar-refractivity contribution in [2.24, 2.45) is 11.8 Å². The summed E-state index contributed by atoms with van der Waals surface area (Å²) in [6.45, 7) is 11.0. The van der Waals surface area contributed by atoms with Crippen LogP contribution in [0.25, 0.3) is 0 Å². The van der Waals surface area contributed by atoms with E-state index >= 15 is 0 Å². The van der Waals surface area contributed by atoms with Gasteiger partial charge in [-0.3, -0.25) is 9.69 Å². The van der Waals surface area contributed by atoms with Gasteiger partial charge in [-0.15, -0.1) is 0 Å². The smallest absolute Gasteiger partial charge is 0.164 e. The number of nitrogens with zero attached hydrogens (tertiary/aromatic N) is 1. The van der Waals surface area contributed by atoms with Crippen LogP contribution in [0, 0.1) is 18.8 Å². The molecule has 110 valence electrons. The monoisotopic (exact) mass is 273 g/mol. The quantitative estimate of drug-likeness (QED) is 0.775. The van der Waals surface area contributed by atoms with E-state index in [9.17, 15) is 4.79 Å². The minimum absolute atomic E-state index is 0.279. The molecule has 3 unspecified atom stereocenters. The molecule has 0 spiro atoms. The van der Waals surface area contributed by atoms with E-state index in [0.29, 0.717) is 12.5 Å². The van der Waals surface area contributed by atoms with Gasteiger partial charge in [0.1, 0.15) is 0 Å². The molecular weight excluding hydrogens is 246 g/mol. The Balaban J connectivity index is 1.95. The fraction of sp³-hybridized carbons (Fsp3) is 0.611. The van der Waals surface area contributed by atoms with Gasteiger partial charge in [-0.2, -0.15) is 0 Å². The molecule has 1 aliphatic rings. The maximum absolute atomic E-state index is 12.4. The molecule has 1 aliphatic heterocycles. The Labute approximate surface area is 123 Å². The fourth-order valence-electron chi connectivity index (χ4n) is 3.39. The van der Waals surface area contributed by atoms with E-state index in [1.807, 2.05) is 31.2 Å². The average Bonchev–Trinajstić information content (AvgIpc) is 2.41. The van der Waals surface area contributed by atoms with Crippen LogP contribution in [0.4, 0.5) is 0 Å². The van der Waals surface area contributed by atoms with Crippen molar-refractivity contribution in [1.29, 1.82) is 0 Å². The van der Waals surface area contributed by atoms with Gasteiger partial charge < -0.3 is 0 Å². The standard InChI is InChI=1S/C18H27NO/c1-13-11-15(3)16(4)19(12-13)10-9-18(20)17-8-6-5-7-14(17)2/h5-8,13,15-16H,9-12H2,1-4H3. The van der Waals surface area contributed by atoms with Crippen molar-refractivity contribution in [3.63, 3.8) is 0 Å². The normalized spacial score (nSPS) is 27.5. The van der Waals surface area contributed by atoms with Gasteiger partial charge in [-0.05, 0) is 37.7 Å². The van der Waals surface area contributed by atoms with Crippen LogP contribution in [0.2, 0.25) is 0 Å². The van der Waals surface area contributed by atoms with E-state index < -0.39 is 0 Å². The number of piperidine rings is 1. The maximum Gasteiger partial charge on any atom is 0.164 e. The summed E-state index contributed by atoms with van der Waals surface area (Å²) in [6.07, 6.45) is 1.94. The van der Waals surface area contributed by atoms with Crippen LogP contribution in [0.3, 0.4) is 0 Å². The molecule has 1 heterocycles. The second kappa shape index (κ2) is 6.53. The van der Waals surface area contributed by atoms with Crippen molar-refractivity contribution < 1.29 is 4.79 Å². The number of rotatable bonds is 4.